The lowest BCUT2D eigenvalue weighted by Crippen LogP contribution is -2.42. The number of terminal acetylenes is 1. The summed E-state index contributed by atoms with van der Waals surface area (Å²) in [7, 11) is -3.71. The summed E-state index contributed by atoms with van der Waals surface area (Å²) in [4.78, 5) is 18.3. The Labute approximate surface area is 202 Å². The summed E-state index contributed by atoms with van der Waals surface area (Å²) < 4.78 is 30.4. The third-order valence-electron chi connectivity index (χ3n) is 5.75. The number of fused-ring (bicyclic) bond motifs is 1. The molecule has 1 saturated heterocycles. The Morgan fingerprint density at radius 3 is 2.70 bits per heavy atom. The molecule has 33 heavy (non-hydrogen) atoms. The zero-order chi connectivity index (χ0) is 23.8. The highest BCUT2D eigenvalue weighted by Crippen LogP contribution is 2.26. The largest absolute Gasteiger partial charge is 0.305 e. The number of nitrogens with zero attached hydrogens (tertiary/aromatic N) is 3. The van der Waals surface area contributed by atoms with Crippen LogP contribution in [0.4, 0.5) is 0 Å². The molecule has 0 N–H and O–H groups in total. The SMILES string of the molecule is C#CCn1c(=NC(=O)C2CCCN(S(=O)(=O)c3ccc(Cl)cc3)C2)sc2c(C)cc(C)cc21. The number of hydrogen-bond acceptors (Lipinski definition) is 4. The number of carbonyl (C=O) groups is 1. The average Bonchev–Trinajstić information content (AvgIpc) is 3.12. The summed E-state index contributed by atoms with van der Waals surface area (Å²) in [6, 6.07) is 10.2. The molecule has 2 aromatic carbocycles. The Morgan fingerprint density at radius 1 is 1.27 bits per heavy atom. The van der Waals surface area contributed by atoms with Gasteiger partial charge in [0, 0.05) is 18.1 Å². The standard InChI is InChI=1S/C24H24ClN3O3S2/c1-4-11-28-21-14-16(2)13-17(3)22(21)32-24(28)26-23(29)18-6-5-12-27(15-18)33(30,31)20-9-7-19(25)8-10-20/h1,7-10,13-14,18H,5-6,11-12,15H2,2-3H3. The molecule has 1 aliphatic rings. The van der Waals surface area contributed by atoms with Gasteiger partial charge in [0.2, 0.25) is 10.0 Å². The molecule has 6 nitrogen and oxygen atoms in total. The molecule has 0 saturated carbocycles. The smallest absolute Gasteiger partial charge is 0.252 e. The van der Waals surface area contributed by atoms with E-state index >= 15 is 0 Å². The van der Waals surface area contributed by atoms with Gasteiger partial charge in [0.05, 0.1) is 27.6 Å². The lowest BCUT2D eigenvalue weighted by Gasteiger charge is -2.30. The van der Waals surface area contributed by atoms with Crippen molar-refractivity contribution in [3.63, 3.8) is 0 Å². The predicted molar refractivity (Wildman–Crippen MR) is 132 cm³/mol. The number of piperidine rings is 1. The second-order valence-corrected chi connectivity index (χ2v) is 11.6. The van der Waals surface area contributed by atoms with Gasteiger partial charge in [0.15, 0.2) is 4.80 Å². The highest BCUT2D eigenvalue weighted by Gasteiger charge is 2.33. The summed E-state index contributed by atoms with van der Waals surface area (Å²) in [6.07, 6.45) is 6.77. The summed E-state index contributed by atoms with van der Waals surface area (Å²) in [6.45, 7) is 4.82. The lowest BCUT2D eigenvalue weighted by atomic mass is 9.99. The molecule has 172 valence electrons. The molecule has 4 rings (SSSR count). The van der Waals surface area contributed by atoms with Crippen LogP contribution in [0.3, 0.4) is 0 Å². The fraction of sp³-hybridized carbons (Fsp3) is 0.333. The van der Waals surface area contributed by atoms with Crippen LogP contribution in [0.1, 0.15) is 24.0 Å². The third kappa shape index (κ3) is 4.78. The van der Waals surface area contributed by atoms with Crippen LogP contribution < -0.4 is 4.80 Å². The fourth-order valence-electron chi connectivity index (χ4n) is 4.15. The van der Waals surface area contributed by atoms with Crippen LogP contribution in [0.15, 0.2) is 46.3 Å². The van der Waals surface area contributed by atoms with E-state index in [0.717, 1.165) is 21.3 Å². The van der Waals surface area contributed by atoms with Crippen LogP contribution in [0.25, 0.3) is 10.2 Å². The van der Waals surface area contributed by atoms with Crippen LogP contribution in [-0.4, -0.2) is 36.3 Å². The number of amides is 1. The zero-order valence-corrected chi connectivity index (χ0v) is 20.8. The first-order valence-electron chi connectivity index (χ1n) is 10.6. The van der Waals surface area contributed by atoms with Crippen LogP contribution >= 0.6 is 22.9 Å². The Hall–Kier alpha value is -2.44. The van der Waals surface area contributed by atoms with E-state index in [1.807, 2.05) is 24.5 Å². The highest BCUT2D eigenvalue weighted by molar-refractivity contribution is 7.89. The first-order valence-corrected chi connectivity index (χ1v) is 13.2. The van der Waals surface area contributed by atoms with E-state index in [2.05, 4.69) is 17.0 Å². The molecule has 1 unspecified atom stereocenters. The molecule has 0 radical (unpaired) electrons. The molecule has 1 amide bonds. The molecule has 1 atom stereocenters. The van der Waals surface area contributed by atoms with Crippen molar-refractivity contribution in [3.8, 4) is 12.3 Å². The van der Waals surface area contributed by atoms with Crippen molar-refractivity contribution in [2.24, 2.45) is 10.9 Å². The molecule has 1 fully saturated rings. The monoisotopic (exact) mass is 501 g/mol. The lowest BCUT2D eigenvalue weighted by molar-refractivity contribution is -0.122. The van der Waals surface area contributed by atoms with Gasteiger partial charge in [-0.3, -0.25) is 4.79 Å². The molecule has 9 heteroatoms. The van der Waals surface area contributed by atoms with Gasteiger partial charge in [-0.15, -0.1) is 6.42 Å². The minimum atomic E-state index is -3.71. The molecule has 0 spiro atoms. The molecule has 0 aliphatic carbocycles. The summed E-state index contributed by atoms with van der Waals surface area (Å²) >= 11 is 7.32. The van der Waals surface area contributed by atoms with Gasteiger partial charge >= 0.3 is 0 Å². The molecular weight excluding hydrogens is 478 g/mol. The third-order valence-corrected chi connectivity index (χ3v) is 9.12. The molecule has 1 aliphatic heterocycles. The van der Waals surface area contributed by atoms with E-state index in [1.54, 1.807) is 12.1 Å². The molecule has 0 bridgehead atoms. The van der Waals surface area contributed by atoms with Gasteiger partial charge < -0.3 is 4.57 Å². The van der Waals surface area contributed by atoms with E-state index in [0.29, 0.717) is 35.8 Å². The second-order valence-electron chi connectivity index (χ2n) is 8.21. The minimum absolute atomic E-state index is 0.103. The average molecular weight is 502 g/mol. The normalized spacial score (nSPS) is 17.9. The summed E-state index contributed by atoms with van der Waals surface area (Å²) in [5, 5.41) is 0.466. The van der Waals surface area contributed by atoms with E-state index in [4.69, 9.17) is 18.0 Å². The van der Waals surface area contributed by atoms with Gasteiger partial charge in [-0.25, -0.2) is 8.42 Å². The Balaban J connectivity index is 1.65. The molecular formula is C24H24ClN3O3S2. The quantitative estimate of drug-likeness (QED) is 0.504. The van der Waals surface area contributed by atoms with Gasteiger partial charge in [0.25, 0.3) is 5.91 Å². The van der Waals surface area contributed by atoms with Crippen molar-refractivity contribution >= 4 is 49.1 Å². The fourth-order valence-corrected chi connectivity index (χ4v) is 6.88. The van der Waals surface area contributed by atoms with Crippen molar-refractivity contribution in [2.75, 3.05) is 13.1 Å². The molecule has 2 heterocycles. The van der Waals surface area contributed by atoms with Crippen LogP contribution in [0.2, 0.25) is 5.02 Å². The number of hydrogen-bond donors (Lipinski definition) is 0. The Morgan fingerprint density at radius 2 is 2.00 bits per heavy atom. The number of benzene rings is 2. The maximum atomic E-state index is 13.1. The van der Waals surface area contributed by atoms with E-state index in [1.165, 1.54) is 27.8 Å². The number of carbonyl (C=O) groups excluding carboxylic acids is 1. The minimum Gasteiger partial charge on any atom is -0.305 e. The maximum absolute atomic E-state index is 13.1. The Bertz CT molecular complexity index is 1430. The first kappa shape index (κ1) is 23.7. The van der Waals surface area contributed by atoms with E-state index in [9.17, 15) is 13.2 Å². The van der Waals surface area contributed by atoms with E-state index in [-0.39, 0.29) is 17.3 Å². The topological polar surface area (TPSA) is 71.7 Å². The first-order chi connectivity index (χ1) is 15.7. The van der Waals surface area contributed by atoms with E-state index < -0.39 is 15.9 Å². The maximum Gasteiger partial charge on any atom is 0.252 e. The Kier molecular flexibility index (Phi) is 6.78. The van der Waals surface area contributed by atoms with Crippen molar-refractivity contribution < 1.29 is 13.2 Å². The van der Waals surface area contributed by atoms with Crippen molar-refractivity contribution in [2.45, 2.75) is 38.1 Å². The van der Waals surface area contributed by atoms with Gasteiger partial charge in [-0.05, 0) is 68.1 Å². The van der Waals surface area contributed by atoms with Crippen LogP contribution in [-0.2, 0) is 21.4 Å². The second kappa shape index (κ2) is 9.43. The van der Waals surface area contributed by atoms with Crippen molar-refractivity contribution in [1.29, 1.82) is 0 Å². The van der Waals surface area contributed by atoms with Gasteiger partial charge in [0.1, 0.15) is 0 Å². The number of sulfonamides is 1. The zero-order valence-electron chi connectivity index (χ0n) is 18.4. The van der Waals surface area contributed by atoms with Crippen LogP contribution in [0.5, 0.6) is 0 Å². The molecule has 1 aromatic heterocycles. The van der Waals surface area contributed by atoms with Gasteiger partial charge in [-0.2, -0.15) is 9.30 Å². The summed E-state index contributed by atoms with van der Waals surface area (Å²) in [5.41, 5.74) is 3.17. The number of aryl methyl sites for hydroxylation is 2. The summed E-state index contributed by atoms with van der Waals surface area (Å²) in [5.74, 6) is 1.82. The molecule has 3 aromatic rings. The van der Waals surface area contributed by atoms with Gasteiger partial charge in [-0.1, -0.05) is 34.9 Å². The van der Waals surface area contributed by atoms with Crippen molar-refractivity contribution in [1.82, 2.24) is 8.87 Å². The number of aromatic nitrogens is 1. The number of thiazole rings is 1. The van der Waals surface area contributed by atoms with Crippen LogP contribution in [0, 0.1) is 32.1 Å². The predicted octanol–water partition coefficient (Wildman–Crippen LogP) is 4.13. The number of halogens is 1. The van der Waals surface area contributed by atoms with Crippen molar-refractivity contribution in [3.05, 3.63) is 57.3 Å². The number of rotatable bonds is 4. The highest BCUT2D eigenvalue weighted by atomic mass is 35.5.